The van der Waals surface area contributed by atoms with Gasteiger partial charge in [0.2, 0.25) is 0 Å². The van der Waals surface area contributed by atoms with Gasteiger partial charge in [-0.3, -0.25) is 4.79 Å². The Morgan fingerprint density at radius 3 is 2.66 bits per heavy atom. The van der Waals surface area contributed by atoms with E-state index in [1.54, 1.807) is 6.92 Å². The average Bonchev–Trinajstić information content (AvgIpc) is 3.14. The highest BCUT2D eigenvalue weighted by molar-refractivity contribution is 8.00. The van der Waals surface area contributed by atoms with Gasteiger partial charge >= 0.3 is 5.97 Å². The van der Waals surface area contributed by atoms with Crippen LogP contribution in [0.4, 0.5) is 0 Å². The highest BCUT2D eigenvalue weighted by Gasteiger charge is 2.22. The molecular formula is C22H18ClN3O2S. The van der Waals surface area contributed by atoms with Crippen LogP contribution < -0.4 is 0 Å². The Kier molecular flexibility index (Phi) is 5.56. The molecule has 0 radical (unpaired) electrons. The first-order valence-corrected chi connectivity index (χ1v) is 10.3. The summed E-state index contributed by atoms with van der Waals surface area (Å²) in [7, 11) is 1.39. The SMILES string of the molecule is COC(=O)C(C)Sc1ncnc2c1c(-c1ccccc1)cn2-c1cccc(Cl)c1. The number of carbonyl (C=O) groups excluding carboxylic acids is 1. The summed E-state index contributed by atoms with van der Waals surface area (Å²) in [5.74, 6) is -0.294. The number of fused-ring (bicyclic) bond motifs is 1. The number of hydrogen-bond donors (Lipinski definition) is 0. The van der Waals surface area contributed by atoms with E-state index in [2.05, 4.69) is 9.97 Å². The Bertz CT molecular complexity index is 1180. The summed E-state index contributed by atoms with van der Waals surface area (Å²) in [5, 5.41) is 1.87. The summed E-state index contributed by atoms with van der Waals surface area (Å²) < 4.78 is 6.87. The highest BCUT2D eigenvalue weighted by Crippen LogP contribution is 2.38. The smallest absolute Gasteiger partial charge is 0.318 e. The summed E-state index contributed by atoms with van der Waals surface area (Å²) in [4.78, 5) is 21.0. The largest absolute Gasteiger partial charge is 0.468 e. The number of benzene rings is 2. The molecule has 1 atom stereocenters. The van der Waals surface area contributed by atoms with E-state index in [0.29, 0.717) is 5.02 Å². The van der Waals surface area contributed by atoms with Crippen molar-refractivity contribution < 1.29 is 9.53 Å². The number of ether oxygens (including phenoxy) is 1. The Morgan fingerprint density at radius 2 is 1.93 bits per heavy atom. The van der Waals surface area contributed by atoms with Crippen molar-refractivity contribution in [3.05, 3.63) is 72.1 Å². The molecule has 0 amide bonds. The van der Waals surface area contributed by atoms with Crippen LogP contribution in [0.25, 0.3) is 27.8 Å². The molecule has 2 aromatic carbocycles. The van der Waals surface area contributed by atoms with Crippen molar-refractivity contribution in [3.63, 3.8) is 0 Å². The maximum atomic E-state index is 12.0. The second-order valence-electron chi connectivity index (χ2n) is 6.42. The number of nitrogens with zero attached hydrogens (tertiary/aromatic N) is 3. The third-order valence-corrected chi connectivity index (χ3v) is 5.85. The molecule has 4 aromatic rings. The van der Waals surface area contributed by atoms with Gasteiger partial charge in [0.1, 0.15) is 22.3 Å². The van der Waals surface area contributed by atoms with Crippen LogP contribution >= 0.6 is 23.4 Å². The molecule has 7 heteroatoms. The number of methoxy groups -OCH3 is 1. The van der Waals surface area contributed by atoms with Crippen LogP contribution in [0.15, 0.2) is 72.1 Å². The zero-order chi connectivity index (χ0) is 20.4. The zero-order valence-electron chi connectivity index (χ0n) is 15.9. The van der Waals surface area contributed by atoms with Crippen molar-refractivity contribution in [2.75, 3.05) is 7.11 Å². The van der Waals surface area contributed by atoms with Crippen LogP contribution in [-0.4, -0.2) is 32.9 Å². The fourth-order valence-electron chi connectivity index (χ4n) is 3.16. The molecule has 1 unspecified atom stereocenters. The summed E-state index contributed by atoms with van der Waals surface area (Å²) >= 11 is 7.58. The normalized spacial score (nSPS) is 12.1. The zero-order valence-corrected chi connectivity index (χ0v) is 17.4. The Hall–Kier alpha value is -2.83. The van der Waals surface area contributed by atoms with E-state index in [4.69, 9.17) is 16.3 Å². The number of halogens is 1. The Labute approximate surface area is 177 Å². The number of aromatic nitrogens is 3. The van der Waals surface area contributed by atoms with Crippen molar-refractivity contribution in [1.29, 1.82) is 0 Å². The van der Waals surface area contributed by atoms with Crippen LogP contribution in [0.1, 0.15) is 6.92 Å². The Balaban J connectivity index is 1.95. The minimum atomic E-state index is -0.392. The van der Waals surface area contributed by atoms with E-state index in [1.807, 2.05) is 65.4 Å². The van der Waals surface area contributed by atoms with E-state index in [-0.39, 0.29) is 5.97 Å². The van der Waals surface area contributed by atoms with Gasteiger partial charge in [-0.15, -0.1) is 0 Å². The molecule has 29 heavy (non-hydrogen) atoms. The lowest BCUT2D eigenvalue weighted by atomic mass is 10.1. The first kappa shape index (κ1) is 19.5. The third-order valence-electron chi connectivity index (χ3n) is 4.54. The fourth-order valence-corrected chi connectivity index (χ4v) is 4.30. The molecule has 0 aliphatic rings. The van der Waals surface area contributed by atoms with Crippen LogP contribution in [0.2, 0.25) is 5.02 Å². The predicted octanol–water partition coefficient (Wildman–Crippen LogP) is 5.39. The van der Waals surface area contributed by atoms with Crippen molar-refractivity contribution in [2.24, 2.45) is 0 Å². The fraction of sp³-hybridized carbons (Fsp3) is 0.136. The first-order valence-electron chi connectivity index (χ1n) is 9.00. The number of carbonyl (C=O) groups is 1. The average molecular weight is 424 g/mol. The maximum absolute atomic E-state index is 12.0. The van der Waals surface area contributed by atoms with Gasteiger partial charge in [-0.05, 0) is 30.7 Å². The Morgan fingerprint density at radius 1 is 1.14 bits per heavy atom. The highest BCUT2D eigenvalue weighted by atomic mass is 35.5. The quantitative estimate of drug-likeness (QED) is 0.244. The standard InChI is InChI=1S/C22H18ClN3O2S/c1-14(22(27)28-2)29-21-19-18(15-7-4-3-5-8-15)12-26(20(19)24-13-25-21)17-10-6-9-16(23)11-17/h3-14H,1-2H3. The molecule has 0 N–H and O–H groups in total. The van der Waals surface area contributed by atoms with E-state index in [1.165, 1.54) is 25.2 Å². The lowest BCUT2D eigenvalue weighted by molar-refractivity contribution is -0.139. The summed E-state index contributed by atoms with van der Waals surface area (Å²) in [6.07, 6.45) is 3.55. The maximum Gasteiger partial charge on any atom is 0.318 e. The molecule has 0 aliphatic carbocycles. The summed E-state index contributed by atoms with van der Waals surface area (Å²) in [5.41, 5.74) is 3.68. The van der Waals surface area contributed by atoms with Crippen molar-refractivity contribution >= 4 is 40.4 Å². The molecule has 4 rings (SSSR count). The molecule has 0 bridgehead atoms. The number of hydrogen-bond acceptors (Lipinski definition) is 5. The van der Waals surface area contributed by atoms with Crippen molar-refractivity contribution in [2.45, 2.75) is 17.2 Å². The van der Waals surface area contributed by atoms with Gasteiger partial charge in [-0.25, -0.2) is 9.97 Å². The second-order valence-corrected chi connectivity index (χ2v) is 8.19. The van der Waals surface area contributed by atoms with Crippen LogP contribution in [0, 0.1) is 0 Å². The van der Waals surface area contributed by atoms with Crippen LogP contribution in [-0.2, 0) is 9.53 Å². The molecule has 0 saturated carbocycles. The minimum absolute atomic E-state index is 0.294. The van der Waals surface area contributed by atoms with E-state index >= 15 is 0 Å². The third kappa shape index (κ3) is 3.86. The molecule has 0 spiro atoms. The monoisotopic (exact) mass is 423 g/mol. The molecule has 2 aromatic heterocycles. The van der Waals surface area contributed by atoms with Gasteiger partial charge in [0, 0.05) is 22.5 Å². The van der Waals surface area contributed by atoms with Crippen molar-refractivity contribution in [3.8, 4) is 16.8 Å². The van der Waals surface area contributed by atoms with Crippen LogP contribution in [0.5, 0.6) is 0 Å². The molecule has 0 fully saturated rings. The van der Waals surface area contributed by atoms with Gasteiger partial charge in [0.05, 0.1) is 12.5 Å². The first-order chi connectivity index (χ1) is 14.1. The topological polar surface area (TPSA) is 57.0 Å². The van der Waals surface area contributed by atoms with E-state index in [0.717, 1.165) is 32.9 Å². The van der Waals surface area contributed by atoms with E-state index < -0.39 is 5.25 Å². The number of rotatable bonds is 5. The van der Waals surface area contributed by atoms with Gasteiger partial charge in [-0.1, -0.05) is 59.8 Å². The number of esters is 1. The molecular weight excluding hydrogens is 406 g/mol. The predicted molar refractivity (Wildman–Crippen MR) is 117 cm³/mol. The van der Waals surface area contributed by atoms with Crippen LogP contribution in [0.3, 0.4) is 0 Å². The molecule has 2 heterocycles. The number of thioether (sulfide) groups is 1. The molecule has 5 nitrogen and oxygen atoms in total. The summed E-state index contributed by atoms with van der Waals surface area (Å²) in [6.45, 7) is 1.81. The molecule has 0 aliphatic heterocycles. The van der Waals surface area contributed by atoms with Gasteiger partial charge in [0.25, 0.3) is 0 Å². The lowest BCUT2D eigenvalue weighted by Crippen LogP contribution is -2.14. The van der Waals surface area contributed by atoms with Gasteiger partial charge in [0.15, 0.2) is 0 Å². The van der Waals surface area contributed by atoms with Gasteiger partial charge in [-0.2, -0.15) is 0 Å². The summed E-state index contributed by atoms with van der Waals surface area (Å²) in [6, 6.07) is 17.7. The van der Waals surface area contributed by atoms with Crippen molar-refractivity contribution in [1.82, 2.24) is 14.5 Å². The molecule has 0 saturated heterocycles. The lowest BCUT2D eigenvalue weighted by Gasteiger charge is -2.10. The minimum Gasteiger partial charge on any atom is -0.468 e. The molecule has 146 valence electrons. The van der Waals surface area contributed by atoms with E-state index in [9.17, 15) is 4.79 Å². The second kappa shape index (κ2) is 8.27. The van der Waals surface area contributed by atoms with Gasteiger partial charge < -0.3 is 9.30 Å².